The van der Waals surface area contributed by atoms with Crippen molar-refractivity contribution in [3.05, 3.63) is 58.9 Å². The van der Waals surface area contributed by atoms with Gasteiger partial charge in [0, 0.05) is 18.8 Å². The zero-order chi connectivity index (χ0) is 18.4. The van der Waals surface area contributed by atoms with Crippen molar-refractivity contribution >= 4 is 23.2 Å². The molecule has 0 atom stereocenters. The van der Waals surface area contributed by atoms with E-state index in [0.717, 1.165) is 16.3 Å². The lowest BCUT2D eigenvalue weighted by atomic mass is 10.3. The van der Waals surface area contributed by atoms with Gasteiger partial charge in [-0.25, -0.2) is 4.98 Å². The first kappa shape index (κ1) is 17.8. The lowest BCUT2D eigenvalue weighted by Gasteiger charge is -2.06. The van der Waals surface area contributed by atoms with Gasteiger partial charge in [-0.3, -0.25) is 14.7 Å². The van der Waals surface area contributed by atoms with Crippen molar-refractivity contribution in [2.24, 2.45) is 0 Å². The van der Waals surface area contributed by atoms with Gasteiger partial charge in [-0.15, -0.1) is 11.3 Å². The highest BCUT2D eigenvalue weighted by Gasteiger charge is 2.11. The van der Waals surface area contributed by atoms with E-state index >= 15 is 0 Å². The maximum atomic E-state index is 12.1. The van der Waals surface area contributed by atoms with Crippen LogP contribution in [-0.4, -0.2) is 40.1 Å². The van der Waals surface area contributed by atoms with Gasteiger partial charge in [0.2, 0.25) is 0 Å². The second-order valence-electron chi connectivity index (χ2n) is 5.67. The van der Waals surface area contributed by atoms with Gasteiger partial charge in [-0.2, -0.15) is 5.10 Å². The van der Waals surface area contributed by atoms with Gasteiger partial charge in [0.05, 0.1) is 10.6 Å². The number of amides is 2. The topological polar surface area (TPSA) is 99.8 Å². The first-order valence-corrected chi connectivity index (χ1v) is 9.11. The molecule has 0 unspecified atom stereocenters. The van der Waals surface area contributed by atoms with E-state index in [9.17, 15) is 9.59 Å². The molecule has 134 valence electrons. The van der Waals surface area contributed by atoms with E-state index in [0.29, 0.717) is 30.9 Å². The van der Waals surface area contributed by atoms with Crippen molar-refractivity contribution in [1.29, 1.82) is 0 Å². The van der Waals surface area contributed by atoms with Crippen molar-refractivity contribution in [2.75, 3.05) is 13.1 Å². The van der Waals surface area contributed by atoms with Crippen LogP contribution in [0, 0.1) is 6.92 Å². The Kier molecular flexibility index (Phi) is 5.75. The van der Waals surface area contributed by atoms with Gasteiger partial charge in [0.15, 0.2) is 5.69 Å². The standard InChI is InChI=1S/C18H19N5O2S/c1-12-5-2-6-13(21-12)17(24)19-8-4-9-20-18(25)15-11-14(22-23-15)16-7-3-10-26-16/h2-3,5-7,10-11H,4,8-9H2,1H3,(H,19,24)(H,20,25)(H,22,23). The third-order valence-corrected chi connectivity index (χ3v) is 4.55. The molecule has 8 heteroatoms. The first-order valence-electron chi connectivity index (χ1n) is 8.23. The summed E-state index contributed by atoms with van der Waals surface area (Å²) in [6, 6.07) is 10.9. The lowest BCUT2D eigenvalue weighted by Crippen LogP contribution is -2.30. The van der Waals surface area contributed by atoms with Crippen molar-refractivity contribution in [1.82, 2.24) is 25.8 Å². The minimum atomic E-state index is -0.240. The molecule has 0 saturated carbocycles. The van der Waals surface area contributed by atoms with Crippen molar-refractivity contribution in [3.8, 4) is 10.6 Å². The number of pyridine rings is 1. The van der Waals surface area contributed by atoms with Crippen LogP contribution in [0.25, 0.3) is 10.6 Å². The summed E-state index contributed by atoms with van der Waals surface area (Å²) < 4.78 is 0. The Hall–Kier alpha value is -3.00. The highest BCUT2D eigenvalue weighted by atomic mass is 32.1. The van der Waals surface area contributed by atoms with Gasteiger partial charge < -0.3 is 10.6 Å². The van der Waals surface area contributed by atoms with Gasteiger partial charge >= 0.3 is 0 Å². The molecule has 0 spiro atoms. The number of aryl methyl sites for hydroxylation is 1. The number of aromatic amines is 1. The number of nitrogens with one attached hydrogen (secondary N) is 3. The predicted molar refractivity (Wildman–Crippen MR) is 100 cm³/mol. The van der Waals surface area contributed by atoms with Crippen LogP contribution >= 0.6 is 11.3 Å². The molecule has 7 nitrogen and oxygen atoms in total. The molecule has 0 aliphatic rings. The maximum absolute atomic E-state index is 12.1. The fourth-order valence-corrected chi connectivity index (χ4v) is 3.03. The number of aromatic nitrogens is 3. The number of nitrogens with zero attached hydrogens (tertiary/aromatic N) is 2. The third-order valence-electron chi connectivity index (χ3n) is 3.64. The molecule has 0 aromatic carbocycles. The largest absolute Gasteiger partial charge is 0.351 e. The molecule has 3 aromatic rings. The van der Waals surface area contributed by atoms with Crippen LogP contribution in [0.5, 0.6) is 0 Å². The zero-order valence-corrected chi connectivity index (χ0v) is 15.1. The summed E-state index contributed by atoms with van der Waals surface area (Å²) in [5, 5.41) is 14.5. The molecule has 3 rings (SSSR count). The second kappa shape index (κ2) is 8.39. The molecule has 2 amide bonds. The van der Waals surface area contributed by atoms with Crippen LogP contribution in [0.4, 0.5) is 0 Å². The number of carbonyl (C=O) groups excluding carboxylic acids is 2. The highest BCUT2D eigenvalue weighted by molar-refractivity contribution is 7.13. The summed E-state index contributed by atoms with van der Waals surface area (Å²) in [4.78, 5) is 29.3. The van der Waals surface area contributed by atoms with Crippen LogP contribution in [-0.2, 0) is 0 Å². The van der Waals surface area contributed by atoms with E-state index < -0.39 is 0 Å². The molecule has 0 fully saturated rings. The van der Waals surface area contributed by atoms with Crippen molar-refractivity contribution in [2.45, 2.75) is 13.3 Å². The number of rotatable bonds is 7. The normalized spacial score (nSPS) is 10.5. The van der Waals surface area contributed by atoms with E-state index in [4.69, 9.17) is 0 Å². The Morgan fingerprint density at radius 2 is 1.85 bits per heavy atom. The van der Waals surface area contributed by atoms with E-state index in [2.05, 4.69) is 25.8 Å². The molecular weight excluding hydrogens is 350 g/mol. The Morgan fingerprint density at radius 3 is 2.54 bits per heavy atom. The highest BCUT2D eigenvalue weighted by Crippen LogP contribution is 2.22. The number of thiophene rings is 1. The van der Waals surface area contributed by atoms with E-state index in [1.54, 1.807) is 29.5 Å². The molecule has 26 heavy (non-hydrogen) atoms. The predicted octanol–water partition coefficient (Wildman–Crippen LogP) is 2.39. The van der Waals surface area contributed by atoms with Gasteiger partial charge in [-0.05, 0) is 43.0 Å². The molecule has 3 aromatic heterocycles. The van der Waals surface area contributed by atoms with Crippen molar-refractivity contribution < 1.29 is 9.59 Å². The lowest BCUT2D eigenvalue weighted by molar-refractivity contribution is 0.0946. The average Bonchev–Trinajstić information content (AvgIpc) is 3.32. The number of hydrogen-bond acceptors (Lipinski definition) is 5. The van der Waals surface area contributed by atoms with Gasteiger partial charge in [-0.1, -0.05) is 12.1 Å². The minimum absolute atomic E-state index is 0.215. The first-order chi connectivity index (χ1) is 12.6. The summed E-state index contributed by atoms with van der Waals surface area (Å²) in [7, 11) is 0. The molecule has 0 bridgehead atoms. The van der Waals surface area contributed by atoms with Crippen LogP contribution in [0.3, 0.4) is 0 Å². The SMILES string of the molecule is Cc1cccc(C(=O)NCCCNC(=O)c2cc(-c3cccs3)[nH]n2)n1. The van der Waals surface area contributed by atoms with E-state index in [1.807, 2.05) is 30.5 Å². The van der Waals surface area contributed by atoms with Crippen LogP contribution in [0.2, 0.25) is 0 Å². The minimum Gasteiger partial charge on any atom is -0.351 e. The average molecular weight is 369 g/mol. The summed E-state index contributed by atoms with van der Waals surface area (Å²) in [5.74, 6) is -0.455. The van der Waals surface area contributed by atoms with E-state index in [-0.39, 0.29) is 11.8 Å². The number of hydrogen-bond donors (Lipinski definition) is 3. The quantitative estimate of drug-likeness (QED) is 0.557. The summed E-state index contributed by atoms with van der Waals surface area (Å²) in [5.41, 5.74) is 2.36. The Labute approximate surface area is 154 Å². The molecule has 0 aliphatic carbocycles. The van der Waals surface area contributed by atoms with Gasteiger partial charge in [0.1, 0.15) is 5.69 Å². The van der Waals surface area contributed by atoms with Crippen LogP contribution in [0.1, 0.15) is 33.1 Å². The second-order valence-corrected chi connectivity index (χ2v) is 6.62. The number of H-pyrrole nitrogens is 1. The zero-order valence-electron chi connectivity index (χ0n) is 14.3. The smallest absolute Gasteiger partial charge is 0.271 e. The van der Waals surface area contributed by atoms with Crippen LogP contribution in [0.15, 0.2) is 41.8 Å². The van der Waals surface area contributed by atoms with E-state index in [1.165, 1.54) is 0 Å². The van der Waals surface area contributed by atoms with Crippen LogP contribution < -0.4 is 10.6 Å². The molecule has 3 heterocycles. The third kappa shape index (κ3) is 4.54. The Bertz CT molecular complexity index is 889. The molecule has 0 radical (unpaired) electrons. The Morgan fingerprint density at radius 1 is 1.08 bits per heavy atom. The number of carbonyl (C=O) groups is 2. The molecule has 0 aliphatic heterocycles. The maximum Gasteiger partial charge on any atom is 0.271 e. The Balaban J connectivity index is 1.40. The summed E-state index contributed by atoms with van der Waals surface area (Å²) >= 11 is 1.58. The fraction of sp³-hybridized carbons (Fsp3) is 0.222. The van der Waals surface area contributed by atoms with Gasteiger partial charge in [0.25, 0.3) is 11.8 Å². The monoisotopic (exact) mass is 369 g/mol. The summed E-state index contributed by atoms with van der Waals surface area (Å²) in [6.45, 7) is 2.74. The molecular formula is C18H19N5O2S. The molecule has 0 saturated heterocycles. The fourth-order valence-electron chi connectivity index (χ4n) is 2.34. The summed E-state index contributed by atoms with van der Waals surface area (Å²) in [6.07, 6.45) is 0.617. The van der Waals surface area contributed by atoms with Crippen molar-refractivity contribution in [3.63, 3.8) is 0 Å². The molecule has 3 N–H and O–H groups in total.